The minimum Gasteiger partial charge on any atom is -0.469 e. The van der Waals surface area contributed by atoms with E-state index in [4.69, 9.17) is 5.73 Å². The molecule has 7 heteroatoms. The molecule has 0 atom stereocenters. The van der Waals surface area contributed by atoms with Crippen LogP contribution in [0, 0.1) is 0 Å². The van der Waals surface area contributed by atoms with Gasteiger partial charge in [-0.1, -0.05) is 0 Å². The van der Waals surface area contributed by atoms with Crippen molar-refractivity contribution in [3.8, 4) is 0 Å². The van der Waals surface area contributed by atoms with Crippen LogP contribution in [0.1, 0.15) is 19.3 Å². The Kier molecular flexibility index (Phi) is 6.88. The van der Waals surface area contributed by atoms with Gasteiger partial charge in [-0.2, -0.15) is 0 Å². The van der Waals surface area contributed by atoms with E-state index in [1.165, 1.54) is 7.11 Å². The molecule has 0 bridgehead atoms. The number of methoxy groups -OCH3 is 1. The van der Waals surface area contributed by atoms with Gasteiger partial charge in [-0.3, -0.25) is 9.59 Å². The molecule has 1 amide bonds. The van der Waals surface area contributed by atoms with E-state index in [1.54, 1.807) is 18.3 Å². The van der Waals surface area contributed by atoms with E-state index in [-0.39, 0.29) is 24.7 Å². The fourth-order valence-corrected chi connectivity index (χ4v) is 1.45. The summed E-state index contributed by atoms with van der Waals surface area (Å²) in [5, 5.41) is 5.84. The Morgan fingerprint density at radius 3 is 2.75 bits per heavy atom. The minimum absolute atomic E-state index is 0.107. The molecule has 0 aliphatic carbocycles. The van der Waals surface area contributed by atoms with Crippen molar-refractivity contribution in [2.75, 3.05) is 31.2 Å². The van der Waals surface area contributed by atoms with Crippen molar-refractivity contribution in [2.45, 2.75) is 19.3 Å². The molecule has 4 N–H and O–H groups in total. The van der Waals surface area contributed by atoms with Crippen LogP contribution in [0.15, 0.2) is 18.3 Å². The Labute approximate surface area is 117 Å². The molecule has 0 radical (unpaired) electrons. The van der Waals surface area contributed by atoms with Crippen molar-refractivity contribution < 1.29 is 14.3 Å². The maximum Gasteiger partial charge on any atom is 0.306 e. The molecule has 0 aliphatic heterocycles. The Bertz CT molecular complexity index is 434. The molecular formula is C13H20N4O3. The zero-order valence-corrected chi connectivity index (χ0v) is 11.5. The molecule has 7 nitrogen and oxygen atoms in total. The fourth-order valence-electron chi connectivity index (χ4n) is 1.45. The lowest BCUT2D eigenvalue weighted by Crippen LogP contribution is -2.26. The highest BCUT2D eigenvalue weighted by Crippen LogP contribution is 2.05. The standard InChI is InChI=1S/C13H20N4O3/c1-20-13(19)6-5-12(18)16-8-2-7-15-11-4-3-10(14)9-17-11/h3-4,9H,2,5-8,14H2,1H3,(H,15,17)(H,16,18). The first-order valence-electron chi connectivity index (χ1n) is 6.40. The van der Waals surface area contributed by atoms with Crippen molar-refractivity contribution in [3.63, 3.8) is 0 Å². The lowest BCUT2D eigenvalue weighted by molar-refractivity contribution is -0.142. The van der Waals surface area contributed by atoms with E-state index in [2.05, 4.69) is 20.4 Å². The van der Waals surface area contributed by atoms with E-state index in [0.29, 0.717) is 18.8 Å². The first-order chi connectivity index (χ1) is 9.61. The van der Waals surface area contributed by atoms with Gasteiger partial charge in [0, 0.05) is 19.5 Å². The molecule has 0 fully saturated rings. The van der Waals surface area contributed by atoms with Gasteiger partial charge in [-0.15, -0.1) is 0 Å². The number of esters is 1. The van der Waals surface area contributed by atoms with Crippen molar-refractivity contribution in [3.05, 3.63) is 18.3 Å². The van der Waals surface area contributed by atoms with Crippen molar-refractivity contribution in [1.29, 1.82) is 0 Å². The molecule has 1 aromatic heterocycles. The third-order valence-electron chi connectivity index (χ3n) is 2.55. The fraction of sp³-hybridized carbons (Fsp3) is 0.462. The van der Waals surface area contributed by atoms with Crippen molar-refractivity contribution in [2.24, 2.45) is 0 Å². The number of nitrogens with zero attached hydrogens (tertiary/aromatic N) is 1. The smallest absolute Gasteiger partial charge is 0.306 e. The number of hydrogen-bond acceptors (Lipinski definition) is 6. The van der Waals surface area contributed by atoms with Crippen LogP contribution in [0.2, 0.25) is 0 Å². The zero-order chi connectivity index (χ0) is 14.8. The number of nitrogen functional groups attached to an aromatic ring is 1. The predicted octanol–water partition coefficient (Wildman–Crippen LogP) is 0.535. The minimum atomic E-state index is -0.378. The number of nitrogens with one attached hydrogen (secondary N) is 2. The third kappa shape index (κ3) is 6.58. The summed E-state index contributed by atoms with van der Waals surface area (Å²) in [5.41, 5.74) is 6.14. The first kappa shape index (κ1) is 15.7. The molecule has 0 unspecified atom stereocenters. The van der Waals surface area contributed by atoms with Crippen LogP contribution >= 0.6 is 0 Å². The van der Waals surface area contributed by atoms with Crippen LogP contribution in [0.4, 0.5) is 11.5 Å². The van der Waals surface area contributed by atoms with E-state index < -0.39 is 0 Å². The quantitative estimate of drug-likeness (QED) is 0.474. The van der Waals surface area contributed by atoms with Gasteiger partial charge in [-0.25, -0.2) is 4.98 Å². The summed E-state index contributed by atoms with van der Waals surface area (Å²) in [4.78, 5) is 26.3. The van der Waals surface area contributed by atoms with Crippen LogP contribution < -0.4 is 16.4 Å². The Balaban J connectivity index is 2.05. The van der Waals surface area contributed by atoms with Gasteiger partial charge in [0.1, 0.15) is 5.82 Å². The second-order valence-corrected chi connectivity index (χ2v) is 4.18. The van der Waals surface area contributed by atoms with Crippen LogP contribution in [0.5, 0.6) is 0 Å². The molecule has 0 saturated heterocycles. The summed E-state index contributed by atoms with van der Waals surface area (Å²) in [5.74, 6) is 0.216. The lowest BCUT2D eigenvalue weighted by atomic mass is 10.3. The summed E-state index contributed by atoms with van der Waals surface area (Å²) in [6.45, 7) is 1.23. The number of carbonyl (C=O) groups excluding carboxylic acids is 2. The number of ether oxygens (including phenoxy) is 1. The largest absolute Gasteiger partial charge is 0.469 e. The summed E-state index contributed by atoms with van der Waals surface area (Å²) >= 11 is 0. The molecule has 1 rings (SSSR count). The Morgan fingerprint density at radius 1 is 1.30 bits per heavy atom. The van der Waals surface area contributed by atoms with Crippen molar-refractivity contribution >= 4 is 23.4 Å². The van der Waals surface area contributed by atoms with Gasteiger partial charge in [0.25, 0.3) is 0 Å². The maximum absolute atomic E-state index is 11.4. The van der Waals surface area contributed by atoms with E-state index in [9.17, 15) is 9.59 Å². The molecule has 0 saturated carbocycles. The summed E-state index contributed by atoms with van der Waals surface area (Å²) in [6.07, 6.45) is 2.60. The average Bonchev–Trinajstić information content (AvgIpc) is 2.46. The number of rotatable bonds is 8. The Hall–Kier alpha value is -2.31. The summed E-state index contributed by atoms with van der Waals surface area (Å²) in [6, 6.07) is 3.56. The summed E-state index contributed by atoms with van der Waals surface area (Å²) in [7, 11) is 1.30. The highest BCUT2D eigenvalue weighted by molar-refractivity contribution is 5.81. The predicted molar refractivity (Wildman–Crippen MR) is 76.0 cm³/mol. The van der Waals surface area contributed by atoms with Gasteiger partial charge >= 0.3 is 5.97 Å². The van der Waals surface area contributed by atoms with Gasteiger partial charge in [0.2, 0.25) is 5.91 Å². The molecule has 0 spiro atoms. The van der Waals surface area contributed by atoms with Gasteiger partial charge < -0.3 is 21.1 Å². The number of carbonyl (C=O) groups is 2. The van der Waals surface area contributed by atoms with E-state index >= 15 is 0 Å². The SMILES string of the molecule is COC(=O)CCC(=O)NCCCNc1ccc(N)cn1. The number of pyridine rings is 1. The summed E-state index contributed by atoms with van der Waals surface area (Å²) < 4.78 is 4.46. The monoisotopic (exact) mass is 280 g/mol. The first-order valence-corrected chi connectivity index (χ1v) is 6.40. The second-order valence-electron chi connectivity index (χ2n) is 4.18. The molecule has 1 aromatic rings. The van der Waals surface area contributed by atoms with E-state index in [1.807, 2.05) is 0 Å². The second kappa shape index (κ2) is 8.73. The molecular weight excluding hydrogens is 260 g/mol. The number of hydrogen-bond donors (Lipinski definition) is 3. The topological polar surface area (TPSA) is 106 Å². The lowest BCUT2D eigenvalue weighted by Gasteiger charge is -2.07. The molecule has 110 valence electrons. The highest BCUT2D eigenvalue weighted by Gasteiger charge is 2.05. The molecule has 0 aromatic carbocycles. The third-order valence-corrected chi connectivity index (χ3v) is 2.55. The average molecular weight is 280 g/mol. The van der Waals surface area contributed by atoms with Gasteiger partial charge in [0.15, 0.2) is 0 Å². The van der Waals surface area contributed by atoms with Crippen LogP contribution in [-0.2, 0) is 14.3 Å². The zero-order valence-electron chi connectivity index (χ0n) is 11.5. The van der Waals surface area contributed by atoms with E-state index in [0.717, 1.165) is 12.2 Å². The molecule has 1 heterocycles. The van der Waals surface area contributed by atoms with Crippen LogP contribution in [0.25, 0.3) is 0 Å². The van der Waals surface area contributed by atoms with Crippen molar-refractivity contribution in [1.82, 2.24) is 10.3 Å². The van der Waals surface area contributed by atoms with Crippen LogP contribution in [-0.4, -0.2) is 37.1 Å². The number of aromatic nitrogens is 1. The number of nitrogens with two attached hydrogens (primary N) is 1. The number of amides is 1. The molecule has 20 heavy (non-hydrogen) atoms. The Morgan fingerprint density at radius 2 is 2.10 bits per heavy atom. The van der Waals surface area contributed by atoms with Gasteiger partial charge in [-0.05, 0) is 18.6 Å². The number of anilines is 2. The highest BCUT2D eigenvalue weighted by atomic mass is 16.5. The van der Waals surface area contributed by atoms with Gasteiger partial charge in [0.05, 0.1) is 25.4 Å². The van der Waals surface area contributed by atoms with Crippen LogP contribution in [0.3, 0.4) is 0 Å². The maximum atomic E-state index is 11.4. The normalized spacial score (nSPS) is 9.85. The molecule has 0 aliphatic rings.